The molecule has 268 valence electrons. The van der Waals surface area contributed by atoms with Gasteiger partial charge in [0.15, 0.2) is 17.1 Å². The van der Waals surface area contributed by atoms with Gasteiger partial charge in [0.2, 0.25) is 11.8 Å². The lowest BCUT2D eigenvalue weighted by molar-refractivity contribution is -0.270. The molecule has 18 heteroatoms. The number of methoxy groups -OCH3 is 1. The molecule has 2 aromatic heterocycles. The van der Waals surface area contributed by atoms with E-state index in [1.165, 1.54) is 23.9 Å². The maximum absolute atomic E-state index is 14.9. The quantitative estimate of drug-likeness (QED) is 0.189. The van der Waals surface area contributed by atoms with E-state index in [9.17, 15) is 45.4 Å². The van der Waals surface area contributed by atoms with Crippen LogP contribution in [-0.2, 0) is 16.3 Å². The highest BCUT2D eigenvalue weighted by Crippen LogP contribution is 2.42. The minimum atomic E-state index is -4.93. The second-order valence-electron chi connectivity index (χ2n) is 13.6. The van der Waals surface area contributed by atoms with E-state index in [0.717, 1.165) is 12.2 Å². The summed E-state index contributed by atoms with van der Waals surface area (Å²) >= 11 is 0. The lowest BCUT2D eigenvalue weighted by atomic mass is 9.81. The number of aliphatic hydroxyl groups is 1. The topological polar surface area (TPSA) is 119 Å². The van der Waals surface area contributed by atoms with Crippen molar-refractivity contribution in [3.8, 4) is 17.1 Å². The Hall–Kier alpha value is -3.25. The third-order valence-corrected chi connectivity index (χ3v) is 10.5. The van der Waals surface area contributed by atoms with Crippen LogP contribution < -0.4 is 10.1 Å². The maximum atomic E-state index is 14.9. The van der Waals surface area contributed by atoms with Crippen LogP contribution in [-0.4, -0.2) is 95.0 Å². The van der Waals surface area contributed by atoms with Crippen LogP contribution in [0.5, 0.6) is 5.88 Å². The van der Waals surface area contributed by atoms with Gasteiger partial charge in [-0.25, -0.2) is 14.1 Å². The Morgan fingerprint density at radius 2 is 1.77 bits per heavy atom. The van der Waals surface area contributed by atoms with Gasteiger partial charge in [-0.2, -0.15) is 31.4 Å². The van der Waals surface area contributed by atoms with E-state index in [0.29, 0.717) is 11.5 Å². The van der Waals surface area contributed by atoms with Crippen molar-refractivity contribution in [1.82, 2.24) is 25.0 Å². The Bertz CT molecular complexity index is 1450. The fourth-order valence-corrected chi connectivity index (χ4v) is 6.60. The number of nitrogens with zero attached hydrogens (tertiary/aromatic N) is 4. The Morgan fingerprint density at radius 3 is 2.35 bits per heavy atom. The van der Waals surface area contributed by atoms with E-state index in [-0.39, 0.29) is 43.1 Å². The molecule has 2 aromatic rings. The summed E-state index contributed by atoms with van der Waals surface area (Å²) in [5.74, 6) is -3.76. The van der Waals surface area contributed by atoms with E-state index < -0.39 is 93.2 Å². The van der Waals surface area contributed by atoms with Gasteiger partial charge in [0.05, 0.1) is 19.0 Å². The number of amides is 2. The molecule has 1 saturated heterocycles. The number of likely N-dealkylation sites (tertiary alicyclic amines) is 1. The first-order chi connectivity index (χ1) is 22.2. The van der Waals surface area contributed by atoms with Gasteiger partial charge in [-0.15, -0.1) is 0 Å². The summed E-state index contributed by atoms with van der Waals surface area (Å²) in [5.41, 5.74) is -3.29. The average Bonchev–Trinajstić information content (AvgIpc) is 3.42. The summed E-state index contributed by atoms with van der Waals surface area (Å²) in [7, 11) is -0.162. The van der Waals surface area contributed by atoms with Crippen LogP contribution in [0.4, 0.5) is 30.7 Å². The van der Waals surface area contributed by atoms with Crippen LogP contribution in [0.3, 0.4) is 0 Å². The largest absolute Gasteiger partial charge is 0.481 e. The van der Waals surface area contributed by atoms with E-state index in [1.54, 1.807) is 0 Å². The molecule has 2 amide bonds. The number of carbonyl (C=O) groups excluding carboxylic acids is 2. The van der Waals surface area contributed by atoms with Crippen LogP contribution in [0.15, 0.2) is 18.3 Å². The SMILES string of the molecule is COc1cc(-c2cc(C(=O)N3CCC(C(=O)NC4CCC(O)(C(F)(F)F)CC4)C[C@H]3C(F)(F)F)nn2COCC[Si](C)(C)C)c(F)cn1. The van der Waals surface area contributed by atoms with Crippen molar-refractivity contribution >= 4 is 19.9 Å². The fraction of sp³-hybridized carbons (Fsp3) is 0.667. The van der Waals surface area contributed by atoms with Gasteiger partial charge in [-0.1, -0.05) is 19.6 Å². The Labute approximate surface area is 274 Å². The molecule has 4 rings (SSSR count). The van der Waals surface area contributed by atoms with Gasteiger partial charge in [0.1, 0.15) is 12.8 Å². The third-order valence-electron chi connectivity index (χ3n) is 8.82. The number of ether oxygens (including phenoxy) is 2. The first kappa shape index (κ1) is 37.6. The molecule has 48 heavy (non-hydrogen) atoms. The zero-order valence-corrected chi connectivity index (χ0v) is 28.0. The molecule has 0 bridgehead atoms. The first-order valence-corrected chi connectivity index (χ1v) is 19.3. The zero-order chi connectivity index (χ0) is 35.7. The lowest BCUT2D eigenvalue weighted by Gasteiger charge is -2.40. The molecule has 2 fully saturated rings. The molecule has 2 aliphatic rings. The van der Waals surface area contributed by atoms with Crippen molar-refractivity contribution in [2.24, 2.45) is 5.92 Å². The van der Waals surface area contributed by atoms with Crippen molar-refractivity contribution in [2.45, 2.75) is 101 Å². The molecule has 1 aliphatic carbocycles. The van der Waals surface area contributed by atoms with Crippen LogP contribution in [0.25, 0.3) is 11.3 Å². The summed E-state index contributed by atoms with van der Waals surface area (Å²) in [6, 6.07) is 0.110. The number of piperidine rings is 1. The lowest BCUT2D eigenvalue weighted by Crippen LogP contribution is -2.56. The average molecular weight is 712 g/mol. The molecular formula is C30H40F7N5O5Si. The van der Waals surface area contributed by atoms with E-state index in [2.05, 4.69) is 35.0 Å². The summed E-state index contributed by atoms with van der Waals surface area (Å²) in [5, 5.41) is 16.6. The molecule has 2 N–H and O–H groups in total. The summed E-state index contributed by atoms with van der Waals surface area (Å²) in [6.07, 6.45) is -11.5. The number of pyridine rings is 1. The second-order valence-corrected chi connectivity index (χ2v) is 19.2. The molecule has 2 atom stereocenters. The van der Waals surface area contributed by atoms with Gasteiger partial charge in [-0.3, -0.25) is 9.59 Å². The van der Waals surface area contributed by atoms with Crippen molar-refractivity contribution in [2.75, 3.05) is 20.3 Å². The van der Waals surface area contributed by atoms with Gasteiger partial charge in [0.25, 0.3) is 5.91 Å². The smallest absolute Gasteiger partial charge is 0.417 e. The number of hydrogen-bond donors (Lipinski definition) is 2. The van der Waals surface area contributed by atoms with Crippen LogP contribution in [0.1, 0.15) is 49.0 Å². The number of hydrogen-bond acceptors (Lipinski definition) is 7. The standard InChI is InChI=1S/C30H40F7N5O5Si/c1-46-25-14-20(21(31)16-38-25)23-15-22(40-42(23)17-47-11-12-48(2,3)4)27(44)41-10-7-18(13-24(41)29(32,33)34)26(43)39-19-5-8-28(45,9-6-19)30(35,36)37/h14-16,18-19,24,45H,5-13,17H2,1-4H3,(H,39,43)/t18?,19?,24-,28?/m0/s1. The van der Waals surface area contributed by atoms with E-state index >= 15 is 0 Å². The second kappa shape index (κ2) is 14.3. The minimum absolute atomic E-state index is 0.0484. The Morgan fingerprint density at radius 1 is 1.10 bits per heavy atom. The molecule has 0 spiro atoms. The van der Waals surface area contributed by atoms with Crippen molar-refractivity contribution in [3.05, 3.63) is 29.8 Å². The molecule has 0 radical (unpaired) electrons. The van der Waals surface area contributed by atoms with Crippen LogP contribution in [0, 0.1) is 11.7 Å². The monoisotopic (exact) mass is 711 g/mol. The van der Waals surface area contributed by atoms with Crippen molar-refractivity contribution < 1.29 is 54.9 Å². The van der Waals surface area contributed by atoms with Gasteiger partial charge in [0, 0.05) is 44.8 Å². The van der Waals surface area contributed by atoms with Crippen LogP contribution >= 0.6 is 0 Å². The highest BCUT2D eigenvalue weighted by atomic mass is 28.3. The van der Waals surface area contributed by atoms with Gasteiger partial charge < -0.3 is 24.8 Å². The van der Waals surface area contributed by atoms with Crippen LogP contribution in [0.2, 0.25) is 25.7 Å². The number of halogens is 7. The molecule has 1 unspecified atom stereocenters. The zero-order valence-electron chi connectivity index (χ0n) is 27.0. The number of alkyl halides is 6. The fourth-order valence-electron chi connectivity index (χ4n) is 5.84. The molecule has 1 aliphatic heterocycles. The predicted octanol–water partition coefficient (Wildman–Crippen LogP) is 5.54. The van der Waals surface area contributed by atoms with Gasteiger partial charge >= 0.3 is 12.4 Å². The first-order valence-electron chi connectivity index (χ1n) is 15.5. The summed E-state index contributed by atoms with van der Waals surface area (Å²) in [6.45, 7) is 6.08. The van der Waals surface area contributed by atoms with Gasteiger partial charge in [-0.05, 0) is 50.6 Å². The third kappa shape index (κ3) is 8.85. The predicted molar refractivity (Wildman–Crippen MR) is 161 cm³/mol. The van der Waals surface area contributed by atoms with Crippen molar-refractivity contribution in [3.63, 3.8) is 0 Å². The number of carbonyl (C=O) groups is 2. The number of rotatable bonds is 10. The Kier molecular flexibility index (Phi) is 11.2. The summed E-state index contributed by atoms with van der Waals surface area (Å²) < 4.78 is 109. The highest BCUT2D eigenvalue weighted by Gasteiger charge is 2.55. The number of nitrogens with one attached hydrogen (secondary N) is 1. The Balaban J connectivity index is 1.52. The highest BCUT2D eigenvalue weighted by molar-refractivity contribution is 6.76. The van der Waals surface area contributed by atoms with E-state index in [1.807, 2.05) is 0 Å². The van der Waals surface area contributed by atoms with Crippen molar-refractivity contribution in [1.29, 1.82) is 0 Å². The number of aromatic nitrogens is 3. The molecule has 0 aromatic carbocycles. The molecule has 10 nitrogen and oxygen atoms in total. The minimum Gasteiger partial charge on any atom is -0.481 e. The normalized spacial score (nSPS) is 24.0. The maximum Gasteiger partial charge on any atom is 0.417 e. The molecular weight excluding hydrogens is 671 g/mol. The summed E-state index contributed by atoms with van der Waals surface area (Å²) in [4.78, 5) is 31.0. The molecule has 1 saturated carbocycles. The van der Waals surface area contributed by atoms with E-state index in [4.69, 9.17) is 9.47 Å². The molecule has 3 heterocycles.